The van der Waals surface area contributed by atoms with Crippen molar-refractivity contribution in [2.75, 3.05) is 11.9 Å². The summed E-state index contributed by atoms with van der Waals surface area (Å²) < 4.78 is 9.80. The van der Waals surface area contributed by atoms with E-state index in [-0.39, 0.29) is 11.4 Å². The molecule has 0 heterocycles. The molecule has 0 spiro atoms. The van der Waals surface area contributed by atoms with Crippen LogP contribution in [0.4, 0.5) is 4.79 Å². The van der Waals surface area contributed by atoms with Gasteiger partial charge in [0.1, 0.15) is 13.2 Å². The van der Waals surface area contributed by atoms with Crippen LogP contribution in [0.15, 0.2) is 30.3 Å². The first kappa shape index (κ1) is 13.5. The molecule has 0 aliphatic rings. The molecule has 16 heavy (non-hydrogen) atoms. The molecule has 1 unspecified atom stereocenters. The van der Waals surface area contributed by atoms with Crippen molar-refractivity contribution in [3.8, 4) is 0 Å². The Kier molecular flexibility index (Phi) is 6.49. The van der Waals surface area contributed by atoms with Gasteiger partial charge >= 0.3 is 6.16 Å². The van der Waals surface area contributed by atoms with E-state index in [4.69, 9.17) is 9.47 Å². The number of alkyl halides is 2. The van der Waals surface area contributed by atoms with Crippen LogP contribution in [0.25, 0.3) is 0 Å². The van der Waals surface area contributed by atoms with Crippen molar-refractivity contribution in [2.45, 2.75) is 11.4 Å². The Hall–Kier alpha value is -0.550. The molecule has 88 valence electrons. The van der Waals surface area contributed by atoms with E-state index in [9.17, 15) is 4.79 Å². The molecule has 3 nitrogen and oxygen atoms in total. The zero-order valence-corrected chi connectivity index (χ0v) is 11.7. The average Bonchev–Trinajstić information content (AvgIpc) is 2.34. The molecule has 5 heteroatoms. The fourth-order valence-electron chi connectivity index (χ4n) is 0.961. The molecular weight excluding hydrogens is 340 g/mol. The first-order chi connectivity index (χ1) is 7.72. The van der Waals surface area contributed by atoms with Gasteiger partial charge in [0.2, 0.25) is 0 Å². The molecular formula is C11H12Br2O3. The molecule has 0 bridgehead atoms. The lowest BCUT2D eigenvalue weighted by molar-refractivity contribution is 0.0514. The highest BCUT2D eigenvalue weighted by molar-refractivity contribution is 9.12. The van der Waals surface area contributed by atoms with Gasteiger partial charge in [0.25, 0.3) is 0 Å². The average molecular weight is 352 g/mol. The molecule has 0 fully saturated rings. The van der Waals surface area contributed by atoms with Crippen LogP contribution in [-0.4, -0.2) is 22.9 Å². The van der Waals surface area contributed by atoms with Crippen LogP contribution in [0.1, 0.15) is 5.56 Å². The van der Waals surface area contributed by atoms with Gasteiger partial charge in [-0.05, 0) is 5.56 Å². The van der Waals surface area contributed by atoms with Gasteiger partial charge in [-0.15, -0.1) is 0 Å². The van der Waals surface area contributed by atoms with E-state index in [0.717, 1.165) is 10.9 Å². The van der Waals surface area contributed by atoms with E-state index in [1.54, 1.807) is 0 Å². The third-order valence-corrected chi connectivity index (χ3v) is 3.99. The number of benzene rings is 1. The van der Waals surface area contributed by atoms with Gasteiger partial charge < -0.3 is 9.47 Å². The lowest BCUT2D eigenvalue weighted by atomic mass is 10.2. The Labute approximate surface area is 111 Å². The van der Waals surface area contributed by atoms with Crippen molar-refractivity contribution in [2.24, 2.45) is 0 Å². The first-order valence-corrected chi connectivity index (χ1v) is 6.79. The number of carbonyl (C=O) groups excluding carboxylic acids is 1. The lowest BCUT2D eigenvalue weighted by Gasteiger charge is -2.08. The van der Waals surface area contributed by atoms with Crippen LogP contribution in [-0.2, 0) is 16.1 Å². The van der Waals surface area contributed by atoms with Gasteiger partial charge in [0, 0.05) is 5.33 Å². The number of carbonyl (C=O) groups is 1. The number of rotatable bonds is 5. The van der Waals surface area contributed by atoms with Crippen LogP contribution in [0, 0.1) is 0 Å². The predicted octanol–water partition coefficient (Wildman–Crippen LogP) is 3.50. The van der Waals surface area contributed by atoms with Gasteiger partial charge in [0.05, 0.1) is 4.83 Å². The van der Waals surface area contributed by atoms with E-state index < -0.39 is 6.16 Å². The van der Waals surface area contributed by atoms with Crippen LogP contribution in [0.2, 0.25) is 0 Å². The number of hydrogen-bond acceptors (Lipinski definition) is 3. The van der Waals surface area contributed by atoms with E-state index in [2.05, 4.69) is 31.9 Å². The molecule has 0 saturated carbocycles. The summed E-state index contributed by atoms with van der Waals surface area (Å²) >= 11 is 6.58. The van der Waals surface area contributed by atoms with Gasteiger partial charge in [-0.3, -0.25) is 0 Å². The first-order valence-electron chi connectivity index (χ1n) is 4.76. The molecule has 1 atom stereocenters. The minimum Gasteiger partial charge on any atom is -0.433 e. The van der Waals surface area contributed by atoms with Gasteiger partial charge in [-0.25, -0.2) is 4.79 Å². The fourth-order valence-corrected chi connectivity index (χ4v) is 1.28. The van der Waals surface area contributed by atoms with E-state index in [0.29, 0.717) is 6.61 Å². The summed E-state index contributed by atoms with van der Waals surface area (Å²) in [6.07, 6.45) is -0.644. The number of hydrogen-bond donors (Lipinski definition) is 0. The Balaban J connectivity index is 2.20. The topological polar surface area (TPSA) is 35.5 Å². The van der Waals surface area contributed by atoms with Gasteiger partial charge in [0.15, 0.2) is 0 Å². The number of halogens is 2. The van der Waals surface area contributed by atoms with Crippen molar-refractivity contribution in [3.63, 3.8) is 0 Å². The normalized spacial score (nSPS) is 11.9. The predicted molar refractivity (Wildman–Crippen MR) is 69.1 cm³/mol. The van der Waals surface area contributed by atoms with Crippen LogP contribution in [0.5, 0.6) is 0 Å². The molecule has 0 aliphatic carbocycles. The molecule has 0 aliphatic heterocycles. The Morgan fingerprint density at radius 2 is 1.94 bits per heavy atom. The van der Waals surface area contributed by atoms with Crippen molar-refractivity contribution < 1.29 is 14.3 Å². The maximum absolute atomic E-state index is 11.2. The van der Waals surface area contributed by atoms with E-state index in [1.807, 2.05) is 30.3 Å². The fraction of sp³-hybridized carbons (Fsp3) is 0.364. The smallest absolute Gasteiger partial charge is 0.433 e. The third kappa shape index (κ3) is 5.51. The molecule has 0 aromatic heterocycles. The van der Waals surface area contributed by atoms with Gasteiger partial charge in [-0.2, -0.15) is 0 Å². The Morgan fingerprint density at radius 3 is 2.56 bits per heavy atom. The maximum Gasteiger partial charge on any atom is 0.508 e. The molecule has 0 amide bonds. The van der Waals surface area contributed by atoms with Crippen molar-refractivity contribution in [3.05, 3.63) is 35.9 Å². The standard InChI is InChI=1S/C11H12Br2O3/c12-6-10(13)8-16-11(14)15-7-9-4-2-1-3-5-9/h1-5,10H,6-8H2. The monoisotopic (exact) mass is 350 g/mol. The van der Waals surface area contributed by atoms with E-state index >= 15 is 0 Å². The van der Waals surface area contributed by atoms with E-state index in [1.165, 1.54) is 0 Å². The van der Waals surface area contributed by atoms with Crippen molar-refractivity contribution in [1.29, 1.82) is 0 Å². The second-order valence-electron chi connectivity index (χ2n) is 3.09. The highest BCUT2D eigenvalue weighted by atomic mass is 79.9. The highest BCUT2D eigenvalue weighted by Gasteiger charge is 2.08. The van der Waals surface area contributed by atoms with Crippen LogP contribution >= 0.6 is 31.9 Å². The maximum atomic E-state index is 11.2. The van der Waals surface area contributed by atoms with Gasteiger partial charge in [-0.1, -0.05) is 62.2 Å². The number of ether oxygens (including phenoxy) is 2. The zero-order chi connectivity index (χ0) is 11.8. The SMILES string of the molecule is O=C(OCc1ccccc1)OCC(Br)CBr. The molecule has 1 aromatic carbocycles. The Bertz CT molecular complexity index is 316. The molecule has 0 radical (unpaired) electrons. The molecule has 1 aromatic rings. The molecule has 1 rings (SSSR count). The summed E-state index contributed by atoms with van der Waals surface area (Å²) in [6.45, 7) is 0.528. The summed E-state index contributed by atoms with van der Waals surface area (Å²) in [5, 5.41) is 0.721. The van der Waals surface area contributed by atoms with Crippen molar-refractivity contribution >= 4 is 38.0 Å². The summed E-state index contributed by atoms with van der Waals surface area (Å²) in [5.74, 6) is 0. The quantitative estimate of drug-likeness (QED) is 0.601. The molecule has 0 saturated heterocycles. The lowest BCUT2D eigenvalue weighted by Crippen LogP contribution is -2.15. The molecule has 0 N–H and O–H groups in total. The highest BCUT2D eigenvalue weighted by Crippen LogP contribution is 2.06. The van der Waals surface area contributed by atoms with Crippen LogP contribution < -0.4 is 0 Å². The third-order valence-electron chi connectivity index (χ3n) is 1.75. The second kappa shape index (κ2) is 7.68. The summed E-state index contributed by atoms with van der Waals surface area (Å²) in [4.78, 5) is 11.3. The summed E-state index contributed by atoms with van der Waals surface area (Å²) in [7, 11) is 0. The van der Waals surface area contributed by atoms with Crippen LogP contribution in [0.3, 0.4) is 0 Å². The Morgan fingerprint density at radius 1 is 1.25 bits per heavy atom. The summed E-state index contributed by atoms with van der Waals surface area (Å²) in [6, 6.07) is 9.47. The minimum atomic E-state index is -0.644. The zero-order valence-electron chi connectivity index (χ0n) is 8.57. The minimum absolute atomic E-state index is 0.108. The summed E-state index contributed by atoms with van der Waals surface area (Å²) in [5.41, 5.74) is 0.940. The second-order valence-corrected chi connectivity index (χ2v) is 5.03. The van der Waals surface area contributed by atoms with Crippen molar-refractivity contribution in [1.82, 2.24) is 0 Å². The largest absolute Gasteiger partial charge is 0.508 e.